The average molecular weight is 590 g/mol. The van der Waals surface area contributed by atoms with E-state index in [1.807, 2.05) is 48.7 Å². The molecule has 0 N–H and O–H groups in total. The lowest BCUT2D eigenvalue weighted by atomic mass is 9.92. The van der Waals surface area contributed by atoms with Gasteiger partial charge in [0, 0.05) is 23.2 Å². The third kappa shape index (κ3) is 4.39. The van der Waals surface area contributed by atoms with Crippen LogP contribution < -0.4 is 0 Å². The Morgan fingerprint density at radius 1 is 0.500 bits per heavy atom. The molecule has 0 fully saturated rings. The van der Waals surface area contributed by atoms with Gasteiger partial charge in [0.1, 0.15) is 22.7 Å². The summed E-state index contributed by atoms with van der Waals surface area (Å²) in [6.45, 7) is 0. The summed E-state index contributed by atoms with van der Waals surface area (Å²) in [6, 6.07) is 52.9. The van der Waals surface area contributed by atoms with Crippen LogP contribution in [-0.4, -0.2) is 14.4 Å². The molecular weight excluding hydrogens is 562 g/mol. The molecular formula is C42H27N3O. The number of imidazole rings is 1. The number of aromatic nitrogens is 3. The summed E-state index contributed by atoms with van der Waals surface area (Å²) in [6.07, 6.45) is 3.88. The van der Waals surface area contributed by atoms with E-state index in [-0.39, 0.29) is 0 Å². The smallest absolute Gasteiger partial charge is 0.149 e. The molecule has 4 nitrogen and oxygen atoms in total. The van der Waals surface area contributed by atoms with Crippen molar-refractivity contribution in [2.45, 2.75) is 0 Å². The number of pyridine rings is 2. The molecule has 5 aromatic carbocycles. The molecule has 46 heavy (non-hydrogen) atoms. The second-order valence-electron chi connectivity index (χ2n) is 11.5. The van der Waals surface area contributed by atoms with Gasteiger partial charge in [-0.15, -0.1) is 0 Å². The summed E-state index contributed by atoms with van der Waals surface area (Å²) in [5.74, 6) is 0.810. The maximum atomic E-state index is 6.61. The van der Waals surface area contributed by atoms with Crippen molar-refractivity contribution in [2.75, 3.05) is 0 Å². The molecule has 0 aliphatic carbocycles. The average Bonchev–Trinajstić information content (AvgIpc) is 3.71. The number of para-hydroxylation sites is 1. The highest BCUT2D eigenvalue weighted by Gasteiger charge is 2.21. The third-order valence-corrected chi connectivity index (χ3v) is 8.66. The number of nitrogens with zero attached hydrogens (tertiary/aromatic N) is 3. The molecule has 9 aromatic rings. The fraction of sp³-hybridized carbons (Fsp3) is 0. The normalized spacial score (nSPS) is 11.5. The number of hydrogen-bond donors (Lipinski definition) is 0. The molecule has 0 aliphatic heterocycles. The molecule has 0 saturated carbocycles. The van der Waals surface area contributed by atoms with Gasteiger partial charge in [-0.2, -0.15) is 0 Å². The fourth-order valence-electron chi connectivity index (χ4n) is 6.47. The Hall–Kier alpha value is -6.26. The van der Waals surface area contributed by atoms with Crippen molar-refractivity contribution in [3.63, 3.8) is 0 Å². The number of furan rings is 1. The van der Waals surface area contributed by atoms with Crippen molar-refractivity contribution in [1.29, 1.82) is 0 Å². The van der Waals surface area contributed by atoms with Crippen LogP contribution in [0, 0.1) is 0 Å². The van der Waals surface area contributed by atoms with Crippen molar-refractivity contribution in [3.05, 3.63) is 164 Å². The van der Waals surface area contributed by atoms with E-state index in [4.69, 9.17) is 9.40 Å². The Kier molecular flexibility index (Phi) is 6.10. The van der Waals surface area contributed by atoms with E-state index in [0.29, 0.717) is 0 Å². The first-order valence-electron chi connectivity index (χ1n) is 15.4. The molecule has 0 bridgehead atoms. The summed E-state index contributed by atoms with van der Waals surface area (Å²) < 4.78 is 8.75. The molecule has 0 saturated heterocycles. The predicted molar refractivity (Wildman–Crippen MR) is 187 cm³/mol. The van der Waals surface area contributed by atoms with Crippen LogP contribution in [0.5, 0.6) is 0 Å². The summed E-state index contributed by atoms with van der Waals surface area (Å²) >= 11 is 0. The number of rotatable bonds is 5. The van der Waals surface area contributed by atoms with E-state index in [2.05, 4.69) is 125 Å². The molecule has 0 radical (unpaired) electrons. The first-order valence-corrected chi connectivity index (χ1v) is 15.4. The van der Waals surface area contributed by atoms with Gasteiger partial charge in [0.05, 0.1) is 16.8 Å². The van der Waals surface area contributed by atoms with Crippen molar-refractivity contribution in [2.24, 2.45) is 0 Å². The van der Waals surface area contributed by atoms with Crippen LogP contribution in [0.4, 0.5) is 0 Å². The first-order chi connectivity index (χ1) is 22.8. The summed E-state index contributed by atoms with van der Waals surface area (Å²) in [7, 11) is 0. The van der Waals surface area contributed by atoms with Crippen LogP contribution in [-0.2, 0) is 0 Å². The van der Waals surface area contributed by atoms with Crippen LogP contribution in [0.25, 0.3) is 83.6 Å². The molecule has 0 aliphatic rings. The first kappa shape index (κ1) is 26.2. The van der Waals surface area contributed by atoms with Crippen molar-refractivity contribution in [3.8, 4) is 56.2 Å². The van der Waals surface area contributed by atoms with Gasteiger partial charge in [-0.1, -0.05) is 91.0 Å². The Labute approximate surface area is 265 Å². The largest absolute Gasteiger partial charge is 0.455 e. The van der Waals surface area contributed by atoms with Gasteiger partial charge < -0.3 is 4.42 Å². The maximum Gasteiger partial charge on any atom is 0.149 e. The van der Waals surface area contributed by atoms with Crippen LogP contribution in [0.1, 0.15) is 0 Å². The van der Waals surface area contributed by atoms with Crippen LogP contribution >= 0.6 is 0 Å². The lowest BCUT2D eigenvalue weighted by Gasteiger charge is -2.13. The standard InChI is InChI=1S/C42H27N3O/c1-3-13-28(14-4-1)30-23-31(29-15-5-2-6-16-29)25-32(24-30)33-26-35-34-17-7-8-20-39(34)46-41(35)36(27-33)42-44-40(37-18-9-11-21-43-37)38-19-10-12-22-45(38)42/h1-27H. The monoisotopic (exact) mass is 589 g/mol. The van der Waals surface area contributed by atoms with E-state index in [1.54, 1.807) is 0 Å². The van der Waals surface area contributed by atoms with Gasteiger partial charge in [-0.25, -0.2) is 4.98 Å². The van der Waals surface area contributed by atoms with Gasteiger partial charge in [0.25, 0.3) is 0 Å². The van der Waals surface area contributed by atoms with E-state index < -0.39 is 0 Å². The molecule has 4 heterocycles. The highest BCUT2D eigenvalue weighted by molar-refractivity contribution is 6.11. The summed E-state index contributed by atoms with van der Waals surface area (Å²) in [4.78, 5) is 9.90. The number of benzene rings is 5. The zero-order valence-corrected chi connectivity index (χ0v) is 24.8. The van der Waals surface area contributed by atoms with Crippen LogP contribution in [0.15, 0.2) is 168 Å². The number of hydrogen-bond acceptors (Lipinski definition) is 3. The van der Waals surface area contributed by atoms with E-state index >= 15 is 0 Å². The van der Waals surface area contributed by atoms with E-state index in [9.17, 15) is 0 Å². The zero-order valence-electron chi connectivity index (χ0n) is 24.8. The third-order valence-electron chi connectivity index (χ3n) is 8.66. The second-order valence-corrected chi connectivity index (χ2v) is 11.5. The van der Waals surface area contributed by atoms with Gasteiger partial charge in [-0.3, -0.25) is 9.38 Å². The summed E-state index contributed by atoms with van der Waals surface area (Å²) in [5, 5.41) is 2.13. The van der Waals surface area contributed by atoms with Gasteiger partial charge in [-0.05, 0) is 94.0 Å². The lowest BCUT2D eigenvalue weighted by Crippen LogP contribution is -1.91. The minimum atomic E-state index is 0.810. The predicted octanol–water partition coefficient (Wildman–Crippen LogP) is 11.0. The lowest BCUT2D eigenvalue weighted by molar-refractivity contribution is 0.669. The minimum Gasteiger partial charge on any atom is -0.455 e. The Balaban J connectivity index is 1.35. The molecule has 0 spiro atoms. The highest BCUT2D eigenvalue weighted by atomic mass is 16.3. The fourth-order valence-corrected chi connectivity index (χ4v) is 6.47. The van der Waals surface area contributed by atoms with Gasteiger partial charge >= 0.3 is 0 Å². The molecule has 216 valence electrons. The van der Waals surface area contributed by atoms with Crippen molar-refractivity contribution in [1.82, 2.24) is 14.4 Å². The molecule has 4 aromatic heterocycles. The Morgan fingerprint density at radius 2 is 1.13 bits per heavy atom. The van der Waals surface area contributed by atoms with Crippen LogP contribution in [0.2, 0.25) is 0 Å². The molecule has 0 amide bonds. The van der Waals surface area contributed by atoms with Crippen molar-refractivity contribution >= 4 is 27.5 Å². The van der Waals surface area contributed by atoms with E-state index in [0.717, 1.165) is 61.4 Å². The topological polar surface area (TPSA) is 43.3 Å². The van der Waals surface area contributed by atoms with Crippen molar-refractivity contribution < 1.29 is 4.42 Å². The highest BCUT2D eigenvalue weighted by Crippen LogP contribution is 2.42. The molecule has 4 heteroatoms. The quantitative estimate of drug-likeness (QED) is 0.201. The summed E-state index contributed by atoms with van der Waals surface area (Å²) in [5.41, 5.74) is 12.2. The Morgan fingerprint density at radius 3 is 1.85 bits per heavy atom. The zero-order chi connectivity index (χ0) is 30.5. The molecule has 0 atom stereocenters. The molecule has 0 unspecified atom stereocenters. The van der Waals surface area contributed by atoms with Gasteiger partial charge in [0.2, 0.25) is 0 Å². The number of fused-ring (bicyclic) bond motifs is 4. The minimum absolute atomic E-state index is 0.810. The SMILES string of the molecule is c1ccc(-c2cc(-c3ccccc3)cc(-c3cc(-c4nc(-c5ccccn5)c5ccccn45)c4oc5ccccc5c4c3)c2)cc1. The molecule has 9 rings (SSSR count). The van der Waals surface area contributed by atoms with Gasteiger partial charge in [0.15, 0.2) is 0 Å². The maximum absolute atomic E-state index is 6.61. The second kappa shape index (κ2) is 10.7. The van der Waals surface area contributed by atoms with E-state index in [1.165, 1.54) is 22.3 Å². The van der Waals surface area contributed by atoms with Crippen LogP contribution in [0.3, 0.4) is 0 Å². The Bertz CT molecular complexity index is 2460.